The van der Waals surface area contributed by atoms with Crippen LogP contribution in [-0.4, -0.2) is 38.7 Å². The standard InChI is InChI=1S/C24H22N4O4/c1-30-17-10-12-20(31-2)19(14-17)22-23(24(29)28-26-22)27-25-16-9-11-18(21(13-16)32-3)15-7-5-4-6-8-15/h4-14,25H,1-3H3,(H,27,28,29). The van der Waals surface area contributed by atoms with Crippen LogP contribution in [0.5, 0.6) is 17.2 Å². The molecule has 4 rings (SSSR count). The number of methoxy groups -OCH3 is 3. The summed E-state index contributed by atoms with van der Waals surface area (Å²) >= 11 is 0. The largest absolute Gasteiger partial charge is 0.497 e. The lowest BCUT2D eigenvalue weighted by Gasteiger charge is -2.12. The molecule has 0 aromatic heterocycles. The van der Waals surface area contributed by atoms with Crippen LogP contribution in [0.25, 0.3) is 11.1 Å². The highest BCUT2D eigenvalue weighted by Gasteiger charge is 2.29. The van der Waals surface area contributed by atoms with Gasteiger partial charge in [-0.1, -0.05) is 30.3 Å². The third-order valence-corrected chi connectivity index (χ3v) is 4.95. The molecule has 0 radical (unpaired) electrons. The minimum Gasteiger partial charge on any atom is -0.497 e. The first-order valence-electron chi connectivity index (χ1n) is 9.82. The normalized spacial score (nSPS) is 14.0. The van der Waals surface area contributed by atoms with E-state index < -0.39 is 5.91 Å². The first-order chi connectivity index (χ1) is 15.6. The van der Waals surface area contributed by atoms with Crippen molar-refractivity contribution < 1.29 is 19.0 Å². The van der Waals surface area contributed by atoms with E-state index in [-0.39, 0.29) is 5.71 Å². The fourth-order valence-electron chi connectivity index (χ4n) is 3.35. The molecular weight excluding hydrogens is 408 g/mol. The van der Waals surface area contributed by atoms with E-state index in [1.807, 2.05) is 48.5 Å². The zero-order valence-electron chi connectivity index (χ0n) is 17.9. The summed E-state index contributed by atoms with van der Waals surface area (Å²) < 4.78 is 16.3. The number of hydrazone groups is 2. The molecule has 3 aromatic rings. The van der Waals surface area contributed by atoms with Gasteiger partial charge in [0.2, 0.25) is 0 Å². The molecule has 162 valence electrons. The fourth-order valence-corrected chi connectivity index (χ4v) is 3.35. The first kappa shape index (κ1) is 20.9. The highest BCUT2D eigenvalue weighted by atomic mass is 16.5. The van der Waals surface area contributed by atoms with Crippen LogP contribution in [0, 0.1) is 0 Å². The van der Waals surface area contributed by atoms with Gasteiger partial charge in [-0.25, -0.2) is 5.43 Å². The molecular formula is C24H22N4O4. The summed E-state index contributed by atoms with van der Waals surface area (Å²) in [4.78, 5) is 12.4. The average molecular weight is 430 g/mol. The molecule has 8 nitrogen and oxygen atoms in total. The van der Waals surface area contributed by atoms with Crippen LogP contribution in [0.3, 0.4) is 0 Å². The minimum atomic E-state index is -0.426. The van der Waals surface area contributed by atoms with E-state index >= 15 is 0 Å². The summed E-state index contributed by atoms with van der Waals surface area (Å²) in [5, 5.41) is 8.45. The van der Waals surface area contributed by atoms with E-state index in [9.17, 15) is 4.79 Å². The molecule has 0 bridgehead atoms. The third kappa shape index (κ3) is 4.11. The molecule has 0 unspecified atom stereocenters. The van der Waals surface area contributed by atoms with Gasteiger partial charge in [-0.15, -0.1) is 0 Å². The number of amides is 1. The summed E-state index contributed by atoms with van der Waals surface area (Å²) in [5.74, 6) is 1.41. The van der Waals surface area contributed by atoms with Crippen molar-refractivity contribution in [3.63, 3.8) is 0 Å². The number of nitrogens with zero attached hydrogens (tertiary/aromatic N) is 2. The van der Waals surface area contributed by atoms with E-state index in [0.717, 1.165) is 11.1 Å². The summed E-state index contributed by atoms with van der Waals surface area (Å²) in [7, 11) is 4.72. The maximum Gasteiger partial charge on any atom is 0.294 e. The van der Waals surface area contributed by atoms with Crippen molar-refractivity contribution in [2.24, 2.45) is 10.2 Å². The van der Waals surface area contributed by atoms with Crippen molar-refractivity contribution in [1.82, 2.24) is 5.43 Å². The molecule has 1 amide bonds. The molecule has 1 aliphatic rings. The number of benzene rings is 3. The van der Waals surface area contributed by atoms with E-state index in [1.165, 1.54) is 0 Å². The molecule has 0 saturated carbocycles. The number of nitrogens with one attached hydrogen (secondary N) is 2. The predicted octanol–water partition coefficient (Wildman–Crippen LogP) is 3.68. The average Bonchev–Trinajstić information content (AvgIpc) is 3.22. The Morgan fingerprint density at radius 3 is 2.34 bits per heavy atom. The number of hydrogen-bond acceptors (Lipinski definition) is 7. The monoisotopic (exact) mass is 430 g/mol. The zero-order valence-corrected chi connectivity index (χ0v) is 17.9. The second kappa shape index (κ2) is 9.22. The third-order valence-electron chi connectivity index (χ3n) is 4.95. The Balaban J connectivity index is 1.64. The minimum absolute atomic E-state index is 0.127. The van der Waals surface area contributed by atoms with E-state index in [0.29, 0.717) is 34.2 Å². The molecule has 2 N–H and O–H groups in total. The molecule has 0 saturated heterocycles. The van der Waals surface area contributed by atoms with Gasteiger partial charge in [0.1, 0.15) is 23.0 Å². The van der Waals surface area contributed by atoms with Crippen molar-refractivity contribution in [2.45, 2.75) is 0 Å². The van der Waals surface area contributed by atoms with Gasteiger partial charge in [-0.05, 0) is 35.9 Å². The van der Waals surface area contributed by atoms with Gasteiger partial charge in [0.25, 0.3) is 5.91 Å². The smallest absolute Gasteiger partial charge is 0.294 e. The molecule has 0 spiro atoms. The maximum atomic E-state index is 12.4. The first-order valence-corrected chi connectivity index (χ1v) is 9.82. The molecule has 8 heteroatoms. The summed E-state index contributed by atoms with van der Waals surface area (Å²) in [5.41, 5.74) is 9.10. The van der Waals surface area contributed by atoms with Crippen molar-refractivity contribution in [3.05, 3.63) is 72.3 Å². The molecule has 0 aliphatic carbocycles. The van der Waals surface area contributed by atoms with Crippen LogP contribution >= 0.6 is 0 Å². The Kier molecular flexibility index (Phi) is 6.03. The van der Waals surface area contributed by atoms with Crippen molar-refractivity contribution >= 4 is 23.0 Å². The number of anilines is 1. The van der Waals surface area contributed by atoms with Gasteiger partial charge < -0.3 is 14.2 Å². The number of hydrogen-bond donors (Lipinski definition) is 2. The maximum absolute atomic E-state index is 12.4. The molecule has 1 heterocycles. The van der Waals surface area contributed by atoms with Gasteiger partial charge in [0.05, 0.1) is 32.6 Å². The Morgan fingerprint density at radius 2 is 1.62 bits per heavy atom. The SMILES string of the molecule is COc1ccc(OC)c(C2=NNC(=O)/C2=N/Nc2ccc(-c3ccccc3)c(OC)c2)c1. The lowest BCUT2D eigenvalue weighted by Crippen LogP contribution is -2.25. The van der Waals surface area contributed by atoms with Crippen molar-refractivity contribution in [3.8, 4) is 28.4 Å². The number of ether oxygens (including phenoxy) is 3. The van der Waals surface area contributed by atoms with Crippen LogP contribution in [0.2, 0.25) is 0 Å². The number of carbonyl (C=O) groups excluding carboxylic acids is 1. The topological polar surface area (TPSA) is 93.5 Å². The molecule has 0 atom stereocenters. The number of carbonyl (C=O) groups is 1. The Labute approximate surface area is 185 Å². The summed E-state index contributed by atoms with van der Waals surface area (Å²) in [6, 6.07) is 20.8. The molecule has 0 fully saturated rings. The van der Waals surface area contributed by atoms with Crippen LogP contribution in [0.1, 0.15) is 5.56 Å². The van der Waals surface area contributed by atoms with Gasteiger partial charge in [-0.3, -0.25) is 10.2 Å². The van der Waals surface area contributed by atoms with Crippen molar-refractivity contribution in [2.75, 3.05) is 26.8 Å². The van der Waals surface area contributed by atoms with Gasteiger partial charge in [0.15, 0.2) is 5.71 Å². The molecule has 32 heavy (non-hydrogen) atoms. The van der Waals surface area contributed by atoms with Crippen LogP contribution in [0.15, 0.2) is 76.9 Å². The second-order valence-electron chi connectivity index (χ2n) is 6.82. The summed E-state index contributed by atoms with van der Waals surface area (Å²) in [6.45, 7) is 0. The van der Waals surface area contributed by atoms with Gasteiger partial charge in [-0.2, -0.15) is 10.2 Å². The lowest BCUT2D eigenvalue weighted by molar-refractivity contribution is -0.114. The quantitative estimate of drug-likeness (QED) is 0.558. The molecule has 1 aliphatic heterocycles. The molecule has 3 aromatic carbocycles. The summed E-state index contributed by atoms with van der Waals surface area (Å²) in [6.07, 6.45) is 0. The van der Waals surface area contributed by atoms with Crippen molar-refractivity contribution in [1.29, 1.82) is 0 Å². The van der Waals surface area contributed by atoms with Crippen LogP contribution in [0.4, 0.5) is 5.69 Å². The number of rotatable bonds is 7. The Hall–Kier alpha value is -4.33. The van der Waals surface area contributed by atoms with E-state index in [4.69, 9.17) is 14.2 Å². The Bertz CT molecular complexity index is 1210. The van der Waals surface area contributed by atoms with Crippen LogP contribution < -0.4 is 25.1 Å². The van der Waals surface area contributed by atoms with Gasteiger partial charge >= 0.3 is 0 Å². The highest BCUT2D eigenvalue weighted by Crippen LogP contribution is 2.32. The predicted molar refractivity (Wildman–Crippen MR) is 124 cm³/mol. The van der Waals surface area contributed by atoms with Crippen LogP contribution in [-0.2, 0) is 4.79 Å². The van der Waals surface area contributed by atoms with E-state index in [2.05, 4.69) is 21.1 Å². The second-order valence-corrected chi connectivity index (χ2v) is 6.82. The van der Waals surface area contributed by atoms with E-state index in [1.54, 1.807) is 39.5 Å². The van der Waals surface area contributed by atoms with Gasteiger partial charge in [0, 0.05) is 11.6 Å². The Morgan fingerprint density at radius 1 is 0.844 bits per heavy atom. The zero-order chi connectivity index (χ0) is 22.5. The fraction of sp³-hybridized carbons (Fsp3) is 0.125. The lowest BCUT2D eigenvalue weighted by atomic mass is 10.0. The highest BCUT2D eigenvalue weighted by molar-refractivity contribution is 6.72.